The summed E-state index contributed by atoms with van der Waals surface area (Å²) in [5.41, 5.74) is 0.569. The number of hydrogen-bond donors (Lipinski definition) is 2. The molecule has 1 unspecified atom stereocenters. The molecule has 0 aliphatic heterocycles. The Balaban J connectivity index is 2.03. The minimum absolute atomic E-state index is 0.130. The lowest BCUT2D eigenvalue weighted by Gasteiger charge is -2.37. The molecule has 4 heteroatoms. The monoisotopic (exact) mass is 265 g/mol. The molecule has 1 aromatic rings. The van der Waals surface area contributed by atoms with Crippen LogP contribution in [0.5, 0.6) is 11.5 Å². The van der Waals surface area contributed by atoms with Crippen LogP contribution in [0.4, 0.5) is 0 Å². The summed E-state index contributed by atoms with van der Waals surface area (Å²) in [4.78, 5) is 0. The zero-order valence-corrected chi connectivity index (χ0v) is 11.9. The van der Waals surface area contributed by atoms with Gasteiger partial charge in [0.25, 0.3) is 0 Å². The number of aliphatic hydroxyl groups is 1. The lowest BCUT2D eigenvalue weighted by molar-refractivity contribution is -0.0329. The quantitative estimate of drug-likeness (QED) is 0.828. The van der Waals surface area contributed by atoms with E-state index in [-0.39, 0.29) is 6.04 Å². The minimum Gasteiger partial charge on any atom is -0.497 e. The Kier molecular flexibility index (Phi) is 4.32. The topological polar surface area (TPSA) is 50.7 Å². The number of methoxy groups -OCH3 is 2. The molecule has 1 aliphatic rings. The molecule has 1 aromatic carbocycles. The first kappa shape index (κ1) is 14.2. The second kappa shape index (κ2) is 5.80. The number of ether oxygens (including phenoxy) is 2. The van der Waals surface area contributed by atoms with Gasteiger partial charge in [-0.05, 0) is 32.3 Å². The van der Waals surface area contributed by atoms with Crippen LogP contribution < -0.4 is 14.8 Å². The molecule has 0 radical (unpaired) electrons. The van der Waals surface area contributed by atoms with Gasteiger partial charge in [-0.15, -0.1) is 0 Å². The van der Waals surface area contributed by atoms with Crippen molar-refractivity contribution in [3.63, 3.8) is 0 Å². The zero-order chi connectivity index (χ0) is 13.9. The number of rotatable bonds is 6. The molecule has 1 saturated carbocycles. The molecule has 1 aliphatic carbocycles. The van der Waals surface area contributed by atoms with E-state index in [1.165, 1.54) is 0 Å². The predicted octanol–water partition coefficient (Wildman–Crippen LogP) is 2.27. The molecule has 4 nitrogen and oxygen atoms in total. The number of hydrogen-bond acceptors (Lipinski definition) is 4. The van der Waals surface area contributed by atoms with Crippen LogP contribution in [-0.2, 0) is 0 Å². The molecule has 2 N–H and O–H groups in total. The van der Waals surface area contributed by atoms with E-state index in [1.54, 1.807) is 14.2 Å². The Hall–Kier alpha value is -1.26. The van der Waals surface area contributed by atoms with Gasteiger partial charge in [-0.1, -0.05) is 6.07 Å². The van der Waals surface area contributed by atoms with Crippen molar-refractivity contribution in [2.24, 2.45) is 0 Å². The highest BCUT2D eigenvalue weighted by Gasteiger charge is 2.34. The van der Waals surface area contributed by atoms with Crippen LogP contribution in [0.2, 0.25) is 0 Å². The molecule has 19 heavy (non-hydrogen) atoms. The molecule has 1 atom stereocenters. The fraction of sp³-hybridized carbons (Fsp3) is 0.600. The van der Waals surface area contributed by atoms with Crippen LogP contribution in [0.25, 0.3) is 0 Å². The Bertz CT molecular complexity index is 429. The molecule has 106 valence electrons. The van der Waals surface area contributed by atoms with Crippen molar-refractivity contribution in [2.45, 2.75) is 37.8 Å². The molecular weight excluding hydrogens is 242 g/mol. The van der Waals surface area contributed by atoms with Crippen LogP contribution in [0, 0.1) is 0 Å². The summed E-state index contributed by atoms with van der Waals surface area (Å²) >= 11 is 0. The van der Waals surface area contributed by atoms with E-state index in [0.29, 0.717) is 6.54 Å². The van der Waals surface area contributed by atoms with Crippen molar-refractivity contribution in [1.82, 2.24) is 5.32 Å². The van der Waals surface area contributed by atoms with Crippen molar-refractivity contribution in [2.75, 3.05) is 20.8 Å². The van der Waals surface area contributed by atoms with Gasteiger partial charge in [0.05, 0.1) is 19.8 Å². The molecule has 0 aromatic heterocycles. The van der Waals surface area contributed by atoms with Gasteiger partial charge >= 0.3 is 0 Å². The second-order valence-corrected chi connectivity index (χ2v) is 5.29. The van der Waals surface area contributed by atoms with E-state index in [9.17, 15) is 5.11 Å². The molecule has 0 spiro atoms. The maximum atomic E-state index is 10.1. The first-order valence-electron chi connectivity index (χ1n) is 6.76. The third kappa shape index (κ3) is 3.19. The summed E-state index contributed by atoms with van der Waals surface area (Å²) < 4.78 is 10.6. The third-order valence-corrected chi connectivity index (χ3v) is 3.93. The molecule has 0 amide bonds. The summed E-state index contributed by atoms with van der Waals surface area (Å²) in [5, 5.41) is 13.5. The molecular formula is C15H23NO3. The van der Waals surface area contributed by atoms with Crippen LogP contribution in [0.15, 0.2) is 18.2 Å². The van der Waals surface area contributed by atoms with E-state index in [1.807, 2.05) is 18.2 Å². The van der Waals surface area contributed by atoms with Gasteiger partial charge in [-0.3, -0.25) is 0 Å². The van der Waals surface area contributed by atoms with Crippen molar-refractivity contribution >= 4 is 0 Å². The first-order chi connectivity index (χ1) is 9.08. The van der Waals surface area contributed by atoms with E-state index in [0.717, 1.165) is 36.3 Å². The van der Waals surface area contributed by atoms with Gasteiger partial charge in [0.15, 0.2) is 0 Å². The van der Waals surface area contributed by atoms with Gasteiger partial charge in [-0.25, -0.2) is 0 Å². The predicted molar refractivity (Wildman–Crippen MR) is 74.8 cm³/mol. The van der Waals surface area contributed by atoms with Gasteiger partial charge in [-0.2, -0.15) is 0 Å². The Labute approximate surface area is 114 Å². The van der Waals surface area contributed by atoms with Crippen LogP contribution in [0.1, 0.15) is 37.8 Å². The molecule has 0 saturated heterocycles. The van der Waals surface area contributed by atoms with Gasteiger partial charge in [0.2, 0.25) is 0 Å². The van der Waals surface area contributed by atoms with E-state index in [4.69, 9.17) is 9.47 Å². The van der Waals surface area contributed by atoms with Crippen molar-refractivity contribution in [3.05, 3.63) is 23.8 Å². The summed E-state index contributed by atoms with van der Waals surface area (Å²) in [6, 6.07) is 5.94. The molecule has 2 rings (SSSR count). The number of benzene rings is 1. The normalized spacial score (nSPS) is 18.5. The third-order valence-electron chi connectivity index (χ3n) is 3.93. The Morgan fingerprint density at radius 3 is 2.58 bits per heavy atom. The maximum Gasteiger partial charge on any atom is 0.127 e. The van der Waals surface area contributed by atoms with E-state index in [2.05, 4.69) is 12.2 Å². The highest BCUT2D eigenvalue weighted by Crippen LogP contribution is 2.33. The van der Waals surface area contributed by atoms with E-state index < -0.39 is 5.60 Å². The van der Waals surface area contributed by atoms with Gasteiger partial charge in [0, 0.05) is 24.2 Å². The van der Waals surface area contributed by atoms with Crippen LogP contribution in [-0.4, -0.2) is 31.5 Å². The van der Waals surface area contributed by atoms with Gasteiger partial charge < -0.3 is 19.9 Å². The summed E-state index contributed by atoms with van der Waals surface area (Å²) in [6.07, 6.45) is 2.91. The summed E-state index contributed by atoms with van der Waals surface area (Å²) in [7, 11) is 3.30. The fourth-order valence-corrected chi connectivity index (χ4v) is 2.39. The SMILES string of the molecule is COc1ccc(C(C)NCC2(O)CCC2)c(OC)c1. The molecule has 0 heterocycles. The lowest BCUT2D eigenvalue weighted by Crippen LogP contribution is -2.46. The average molecular weight is 265 g/mol. The fourth-order valence-electron chi connectivity index (χ4n) is 2.39. The summed E-state index contributed by atoms with van der Waals surface area (Å²) in [6.45, 7) is 2.70. The standard InChI is InChI=1S/C15H23NO3/c1-11(16-10-15(17)7-4-8-15)13-6-5-12(18-2)9-14(13)19-3/h5-6,9,11,16-17H,4,7-8,10H2,1-3H3. The average Bonchev–Trinajstić information content (AvgIpc) is 2.41. The largest absolute Gasteiger partial charge is 0.497 e. The maximum absolute atomic E-state index is 10.1. The second-order valence-electron chi connectivity index (χ2n) is 5.29. The van der Waals surface area contributed by atoms with Crippen molar-refractivity contribution in [1.29, 1.82) is 0 Å². The minimum atomic E-state index is -0.506. The van der Waals surface area contributed by atoms with Crippen molar-refractivity contribution < 1.29 is 14.6 Å². The smallest absolute Gasteiger partial charge is 0.127 e. The lowest BCUT2D eigenvalue weighted by atomic mass is 9.80. The van der Waals surface area contributed by atoms with Gasteiger partial charge in [0.1, 0.15) is 11.5 Å². The van der Waals surface area contributed by atoms with Crippen LogP contribution >= 0.6 is 0 Å². The Morgan fingerprint density at radius 1 is 1.32 bits per heavy atom. The molecule has 0 bridgehead atoms. The van der Waals surface area contributed by atoms with Crippen molar-refractivity contribution in [3.8, 4) is 11.5 Å². The first-order valence-corrected chi connectivity index (χ1v) is 6.76. The number of nitrogens with one attached hydrogen (secondary N) is 1. The summed E-state index contributed by atoms with van der Waals surface area (Å²) in [5.74, 6) is 1.59. The van der Waals surface area contributed by atoms with Crippen LogP contribution in [0.3, 0.4) is 0 Å². The highest BCUT2D eigenvalue weighted by molar-refractivity contribution is 5.42. The zero-order valence-electron chi connectivity index (χ0n) is 11.9. The van der Waals surface area contributed by atoms with E-state index >= 15 is 0 Å². The highest BCUT2D eigenvalue weighted by atomic mass is 16.5. The molecule has 1 fully saturated rings. The Morgan fingerprint density at radius 2 is 2.05 bits per heavy atom.